The first-order valence-corrected chi connectivity index (χ1v) is 6.27. The van der Waals surface area contributed by atoms with Gasteiger partial charge in [-0.05, 0) is 18.4 Å². The molecule has 0 spiro atoms. The Morgan fingerprint density at radius 3 is 3.00 bits per heavy atom. The highest BCUT2D eigenvalue weighted by Gasteiger charge is 2.13. The molecule has 0 aliphatic carbocycles. The van der Waals surface area contributed by atoms with Crippen LogP contribution in [0.1, 0.15) is 20.4 Å². The second-order valence-electron chi connectivity index (χ2n) is 3.07. The largest absolute Gasteiger partial charge is 0.485 e. The molecule has 0 saturated heterocycles. The van der Waals surface area contributed by atoms with Crippen LogP contribution < -0.4 is 4.74 Å². The van der Waals surface area contributed by atoms with Crippen molar-refractivity contribution in [2.75, 3.05) is 0 Å². The Hall–Kier alpha value is -1.40. The van der Waals surface area contributed by atoms with Gasteiger partial charge in [0.2, 0.25) is 0 Å². The zero-order valence-electron chi connectivity index (χ0n) is 8.47. The van der Waals surface area contributed by atoms with E-state index in [1.165, 1.54) is 0 Å². The van der Waals surface area contributed by atoms with E-state index in [4.69, 9.17) is 9.84 Å². The summed E-state index contributed by atoms with van der Waals surface area (Å²) in [5.74, 6) is -0.553. The molecule has 0 aromatic carbocycles. The Kier molecular flexibility index (Phi) is 3.21. The number of carboxylic acids is 1. The lowest BCUT2D eigenvalue weighted by Crippen LogP contribution is -2.00. The molecular formula is C10H9NO3S2. The van der Waals surface area contributed by atoms with E-state index in [-0.39, 0.29) is 4.88 Å². The van der Waals surface area contributed by atoms with E-state index in [1.807, 2.05) is 12.3 Å². The van der Waals surface area contributed by atoms with Crippen molar-refractivity contribution < 1.29 is 14.6 Å². The van der Waals surface area contributed by atoms with E-state index in [0.717, 1.165) is 22.0 Å². The molecule has 0 aliphatic heterocycles. The van der Waals surface area contributed by atoms with Crippen LogP contribution in [0, 0.1) is 6.92 Å². The van der Waals surface area contributed by atoms with Gasteiger partial charge in [0.05, 0.1) is 10.7 Å². The summed E-state index contributed by atoms with van der Waals surface area (Å²) in [6.45, 7) is 2.22. The fourth-order valence-electron chi connectivity index (χ4n) is 1.19. The Morgan fingerprint density at radius 2 is 2.38 bits per heavy atom. The second kappa shape index (κ2) is 4.63. The molecule has 84 valence electrons. The average Bonchev–Trinajstić information content (AvgIpc) is 2.83. The third-order valence-electron chi connectivity index (χ3n) is 1.87. The van der Waals surface area contributed by atoms with E-state index >= 15 is 0 Å². The second-order valence-corrected chi connectivity index (χ2v) is 5.04. The van der Waals surface area contributed by atoms with Crippen molar-refractivity contribution in [3.63, 3.8) is 0 Å². The van der Waals surface area contributed by atoms with Crippen LogP contribution in [0.15, 0.2) is 16.8 Å². The minimum atomic E-state index is -0.959. The molecule has 16 heavy (non-hydrogen) atoms. The lowest BCUT2D eigenvalue weighted by atomic mass is 10.4. The molecular weight excluding hydrogens is 246 g/mol. The molecule has 0 amide bonds. The lowest BCUT2D eigenvalue weighted by molar-refractivity contribution is 0.0697. The van der Waals surface area contributed by atoms with Gasteiger partial charge in [0, 0.05) is 5.38 Å². The minimum absolute atomic E-state index is 0.229. The number of ether oxygens (including phenoxy) is 1. The van der Waals surface area contributed by atoms with Gasteiger partial charge < -0.3 is 9.84 Å². The van der Waals surface area contributed by atoms with Crippen molar-refractivity contribution in [2.24, 2.45) is 0 Å². The van der Waals surface area contributed by atoms with E-state index in [1.54, 1.807) is 22.8 Å². The average molecular weight is 255 g/mol. The summed E-state index contributed by atoms with van der Waals surface area (Å²) < 4.78 is 5.41. The summed E-state index contributed by atoms with van der Waals surface area (Å²) in [6, 6.07) is 1.66. The number of nitrogens with zero attached hydrogens (tertiary/aromatic N) is 1. The van der Waals surface area contributed by atoms with Gasteiger partial charge in [0.1, 0.15) is 12.4 Å². The number of carbonyl (C=O) groups is 1. The molecule has 2 aromatic rings. The number of aryl methyl sites for hydroxylation is 1. The Morgan fingerprint density at radius 1 is 1.56 bits per heavy atom. The molecule has 0 aliphatic rings. The maximum Gasteiger partial charge on any atom is 0.349 e. The Bertz CT molecular complexity index is 504. The summed E-state index contributed by atoms with van der Waals surface area (Å²) in [4.78, 5) is 15.3. The Labute approximate surface area is 100 Å². The van der Waals surface area contributed by atoms with Gasteiger partial charge in [0.25, 0.3) is 0 Å². The SMILES string of the molecule is Cc1nc(COc2ccsc2C(=O)O)cs1. The van der Waals surface area contributed by atoms with Gasteiger partial charge in [0.15, 0.2) is 4.88 Å². The normalized spacial score (nSPS) is 10.3. The third kappa shape index (κ3) is 2.40. The number of thiophene rings is 1. The third-order valence-corrected chi connectivity index (χ3v) is 3.57. The molecule has 4 nitrogen and oxygen atoms in total. The van der Waals surface area contributed by atoms with E-state index in [9.17, 15) is 4.79 Å². The number of rotatable bonds is 4. The van der Waals surface area contributed by atoms with Crippen molar-refractivity contribution in [2.45, 2.75) is 13.5 Å². The minimum Gasteiger partial charge on any atom is -0.485 e. The van der Waals surface area contributed by atoms with Crippen molar-refractivity contribution >= 4 is 28.6 Å². The van der Waals surface area contributed by atoms with Crippen LogP contribution in [0.2, 0.25) is 0 Å². The van der Waals surface area contributed by atoms with Gasteiger partial charge in [-0.2, -0.15) is 0 Å². The zero-order chi connectivity index (χ0) is 11.5. The van der Waals surface area contributed by atoms with Crippen LogP contribution in [-0.2, 0) is 6.61 Å². The highest BCUT2D eigenvalue weighted by Crippen LogP contribution is 2.25. The van der Waals surface area contributed by atoms with Gasteiger partial charge in [-0.25, -0.2) is 9.78 Å². The highest BCUT2D eigenvalue weighted by atomic mass is 32.1. The van der Waals surface area contributed by atoms with Crippen LogP contribution >= 0.6 is 22.7 Å². The number of carboxylic acid groups (broad SMARTS) is 1. The molecule has 0 fully saturated rings. The smallest absolute Gasteiger partial charge is 0.349 e. The van der Waals surface area contributed by atoms with Crippen LogP contribution in [-0.4, -0.2) is 16.1 Å². The first-order valence-electron chi connectivity index (χ1n) is 4.51. The molecule has 0 bridgehead atoms. The first kappa shape index (κ1) is 11.1. The van der Waals surface area contributed by atoms with Gasteiger partial charge in [-0.1, -0.05) is 0 Å². The molecule has 0 saturated carbocycles. The van der Waals surface area contributed by atoms with E-state index in [2.05, 4.69) is 4.98 Å². The van der Waals surface area contributed by atoms with Gasteiger partial charge >= 0.3 is 5.97 Å². The molecule has 0 atom stereocenters. The van der Waals surface area contributed by atoms with Crippen molar-refractivity contribution in [1.29, 1.82) is 0 Å². The summed E-state index contributed by atoms with van der Waals surface area (Å²) in [5, 5.41) is 13.5. The zero-order valence-corrected chi connectivity index (χ0v) is 10.1. The fraction of sp³-hybridized carbons (Fsp3) is 0.200. The quantitative estimate of drug-likeness (QED) is 0.912. The number of hydrogen-bond acceptors (Lipinski definition) is 5. The Balaban J connectivity index is 2.04. The van der Waals surface area contributed by atoms with Crippen molar-refractivity contribution in [3.05, 3.63) is 32.4 Å². The van der Waals surface area contributed by atoms with Crippen LogP contribution in [0.5, 0.6) is 5.75 Å². The van der Waals surface area contributed by atoms with E-state index < -0.39 is 5.97 Å². The monoisotopic (exact) mass is 255 g/mol. The predicted molar refractivity (Wildman–Crippen MR) is 62.5 cm³/mol. The molecule has 2 heterocycles. The maximum absolute atomic E-state index is 10.8. The summed E-state index contributed by atoms with van der Waals surface area (Å²) >= 11 is 2.70. The molecule has 0 radical (unpaired) electrons. The lowest BCUT2D eigenvalue weighted by Gasteiger charge is -2.02. The highest BCUT2D eigenvalue weighted by molar-refractivity contribution is 7.12. The topological polar surface area (TPSA) is 59.4 Å². The number of aromatic nitrogens is 1. The summed E-state index contributed by atoms with van der Waals surface area (Å²) in [5.41, 5.74) is 0.824. The predicted octanol–water partition coefficient (Wildman–Crippen LogP) is 2.79. The van der Waals surface area contributed by atoms with Crippen LogP contribution in [0.4, 0.5) is 0 Å². The number of thiazole rings is 1. The van der Waals surface area contributed by atoms with E-state index in [0.29, 0.717) is 12.4 Å². The molecule has 6 heteroatoms. The van der Waals surface area contributed by atoms with Crippen LogP contribution in [0.25, 0.3) is 0 Å². The maximum atomic E-state index is 10.8. The molecule has 0 unspecified atom stereocenters. The molecule has 1 N–H and O–H groups in total. The van der Waals surface area contributed by atoms with Gasteiger partial charge in [-0.3, -0.25) is 0 Å². The molecule has 2 aromatic heterocycles. The first-order chi connectivity index (χ1) is 7.66. The fourth-order valence-corrected chi connectivity index (χ4v) is 2.46. The number of hydrogen-bond donors (Lipinski definition) is 1. The van der Waals surface area contributed by atoms with Gasteiger partial charge in [-0.15, -0.1) is 22.7 Å². The summed E-state index contributed by atoms with van der Waals surface area (Å²) in [7, 11) is 0. The number of aromatic carboxylic acids is 1. The van der Waals surface area contributed by atoms with Crippen molar-refractivity contribution in [1.82, 2.24) is 4.98 Å². The van der Waals surface area contributed by atoms with Crippen LogP contribution in [0.3, 0.4) is 0 Å². The standard InChI is InChI=1S/C10H9NO3S2/c1-6-11-7(5-16-6)4-14-8-2-3-15-9(8)10(12)13/h2-3,5H,4H2,1H3,(H,12,13). The van der Waals surface area contributed by atoms with Crippen molar-refractivity contribution in [3.8, 4) is 5.75 Å². The summed E-state index contributed by atoms with van der Waals surface area (Å²) in [6.07, 6.45) is 0. The molecule has 2 rings (SSSR count).